The summed E-state index contributed by atoms with van der Waals surface area (Å²) in [6.07, 6.45) is -0.829. The Morgan fingerprint density at radius 2 is 2.03 bits per heavy atom. The molecule has 30 heavy (non-hydrogen) atoms. The molecule has 0 aliphatic carbocycles. The molecule has 1 unspecified atom stereocenters. The number of halogens is 3. The Kier molecular flexibility index (Phi) is 5.17. The van der Waals surface area contributed by atoms with Crippen molar-refractivity contribution in [1.29, 1.82) is 0 Å². The number of hydrogen-bond acceptors (Lipinski definition) is 6. The SMILES string of the molecule is CCC(CO)Nc1nc(-c2cccc(C(F)(F)F)c2)nc2c(-c3ccco3)cnn12. The normalized spacial score (nSPS) is 13.0. The number of alkyl halides is 3. The van der Waals surface area contributed by atoms with Crippen molar-refractivity contribution in [3.05, 3.63) is 54.4 Å². The van der Waals surface area contributed by atoms with E-state index in [4.69, 9.17) is 4.42 Å². The van der Waals surface area contributed by atoms with Crippen LogP contribution in [-0.4, -0.2) is 37.3 Å². The summed E-state index contributed by atoms with van der Waals surface area (Å²) in [5.74, 6) is 0.863. The lowest BCUT2D eigenvalue weighted by Crippen LogP contribution is -2.25. The zero-order chi connectivity index (χ0) is 21.3. The number of furan rings is 1. The molecule has 0 amide bonds. The van der Waals surface area contributed by atoms with Crippen molar-refractivity contribution in [2.24, 2.45) is 0 Å². The average molecular weight is 417 g/mol. The minimum absolute atomic E-state index is 0.0946. The lowest BCUT2D eigenvalue weighted by Gasteiger charge is -2.16. The number of aliphatic hydroxyl groups excluding tert-OH is 1. The van der Waals surface area contributed by atoms with Gasteiger partial charge < -0.3 is 14.8 Å². The van der Waals surface area contributed by atoms with Gasteiger partial charge in [-0.2, -0.15) is 27.8 Å². The van der Waals surface area contributed by atoms with E-state index >= 15 is 0 Å². The maximum absolute atomic E-state index is 13.2. The molecule has 0 spiro atoms. The van der Waals surface area contributed by atoms with Crippen molar-refractivity contribution in [1.82, 2.24) is 19.6 Å². The number of rotatable bonds is 6. The minimum Gasteiger partial charge on any atom is -0.464 e. The van der Waals surface area contributed by atoms with Crippen molar-refractivity contribution in [3.8, 4) is 22.7 Å². The van der Waals surface area contributed by atoms with Gasteiger partial charge in [-0.25, -0.2) is 4.98 Å². The molecule has 10 heteroatoms. The molecule has 1 atom stereocenters. The summed E-state index contributed by atoms with van der Waals surface area (Å²) < 4.78 is 46.4. The van der Waals surface area contributed by atoms with Crippen molar-refractivity contribution in [3.63, 3.8) is 0 Å². The van der Waals surface area contributed by atoms with Crippen LogP contribution in [0, 0.1) is 0 Å². The van der Waals surface area contributed by atoms with Crippen LogP contribution in [0.3, 0.4) is 0 Å². The highest BCUT2D eigenvalue weighted by Gasteiger charge is 2.31. The van der Waals surface area contributed by atoms with Gasteiger partial charge in [-0.3, -0.25) is 0 Å². The molecule has 0 aliphatic rings. The third-order valence-electron chi connectivity index (χ3n) is 4.65. The summed E-state index contributed by atoms with van der Waals surface area (Å²) in [7, 11) is 0. The van der Waals surface area contributed by atoms with Gasteiger partial charge in [0.2, 0.25) is 5.95 Å². The molecule has 3 aromatic heterocycles. The number of fused-ring (bicyclic) bond motifs is 1. The molecule has 0 saturated carbocycles. The van der Waals surface area contributed by atoms with Crippen LogP contribution < -0.4 is 5.32 Å². The topological polar surface area (TPSA) is 88.5 Å². The number of hydrogen-bond donors (Lipinski definition) is 2. The van der Waals surface area contributed by atoms with E-state index in [0.29, 0.717) is 23.4 Å². The minimum atomic E-state index is -4.48. The second-order valence-electron chi connectivity index (χ2n) is 6.65. The first-order valence-electron chi connectivity index (χ1n) is 9.25. The van der Waals surface area contributed by atoms with Crippen LogP contribution >= 0.6 is 0 Å². The zero-order valence-electron chi connectivity index (χ0n) is 15.9. The van der Waals surface area contributed by atoms with E-state index in [1.165, 1.54) is 22.9 Å². The summed E-state index contributed by atoms with van der Waals surface area (Å²) in [5.41, 5.74) is 0.344. The molecule has 3 heterocycles. The van der Waals surface area contributed by atoms with Crippen LogP contribution in [0.25, 0.3) is 28.4 Å². The van der Waals surface area contributed by atoms with E-state index in [-0.39, 0.29) is 30.0 Å². The van der Waals surface area contributed by atoms with Crippen LogP contribution in [0.2, 0.25) is 0 Å². The molecule has 1 aromatic carbocycles. The van der Waals surface area contributed by atoms with E-state index in [0.717, 1.165) is 12.1 Å². The van der Waals surface area contributed by atoms with Crippen LogP contribution in [0.15, 0.2) is 53.3 Å². The molecule has 0 radical (unpaired) electrons. The molecular weight excluding hydrogens is 399 g/mol. The number of benzene rings is 1. The number of nitrogens with one attached hydrogen (secondary N) is 1. The Bertz CT molecular complexity index is 1150. The monoisotopic (exact) mass is 417 g/mol. The number of anilines is 1. The molecule has 4 rings (SSSR count). The van der Waals surface area contributed by atoms with Gasteiger partial charge in [0.05, 0.1) is 36.2 Å². The molecule has 0 bridgehead atoms. The van der Waals surface area contributed by atoms with Crippen LogP contribution in [0.5, 0.6) is 0 Å². The second-order valence-corrected chi connectivity index (χ2v) is 6.65. The quantitative estimate of drug-likeness (QED) is 0.488. The third-order valence-corrected chi connectivity index (χ3v) is 4.65. The lowest BCUT2D eigenvalue weighted by molar-refractivity contribution is -0.137. The van der Waals surface area contributed by atoms with Gasteiger partial charge in [-0.1, -0.05) is 19.1 Å². The maximum Gasteiger partial charge on any atom is 0.416 e. The molecule has 0 aliphatic heterocycles. The molecular formula is C20H18F3N5O2. The number of aromatic nitrogens is 4. The second kappa shape index (κ2) is 7.79. The highest BCUT2D eigenvalue weighted by Crippen LogP contribution is 2.32. The molecule has 156 valence electrons. The predicted molar refractivity (Wildman–Crippen MR) is 104 cm³/mol. The Balaban J connectivity index is 1.90. The van der Waals surface area contributed by atoms with E-state index in [2.05, 4.69) is 20.4 Å². The number of aliphatic hydroxyl groups is 1. The molecule has 4 aromatic rings. The van der Waals surface area contributed by atoms with E-state index < -0.39 is 11.7 Å². The smallest absolute Gasteiger partial charge is 0.416 e. The van der Waals surface area contributed by atoms with Gasteiger partial charge in [-0.05, 0) is 30.7 Å². The predicted octanol–water partition coefficient (Wildman–Crippen LogP) is 4.25. The lowest BCUT2D eigenvalue weighted by atomic mass is 10.1. The standard InChI is InChI=1S/C20H18F3N5O2/c1-2-14(11-29)25-19-27-17(12-5-3-6-13(9-12)20(21,22)23)26-18-15(10-24-28(18)19)16-7-4-8-30-16/h3-10,14,29H,2,11H2,1H3,(H,25,26,27). The zero-order valence-corrected chi connectivity index (χ0v) is 15.9. The summed E-state index contributed by atoms with van der Waals surface area (Å²) in [5, 5.41) is 16.9. The Labute approximate surface area is 169 Å². The van der Waals surface area contributed by atoms with Gasteiger partial charge in [0.1, 0.15) is 5.76 Å². The van der Waals surface area contributed by atoms with Crippen molar-refractivity contribution >= 4 is 11.6 Å². The third kappa shape index (κ3) is 3.73. The first-order chi connectivity index (χ1) is 14.4. The van der Waals surface area contributed by atoms with Crippen LogP contribution in [0.4, 0.5) is 19.1 Å². The van der Waals surface area contributed by atoms with Gasteiger partial charge in [0, 0.05) is 5.56 Å². The molecule has 7 nitrogen and oxygen atoms in total. The molecule has 2 N–H and O–H groups in total. The molecule has 0 saturated heterocycles. The first-order valence-corrected chi connectivity index (χ1v) is 9.25. The summed E-state index contributed by atoms with van der Waals surface area (Å²) in [6.45, 7) is 1.74. The van der Waals surface area contributed by atoms with Gasteiger partial charge in [-0.15, -0.1) is 0 Å². The Morgan fingerprint density at radius 3 is 2.70 bits per heavy atom. The van der Waals surface area contributed by atoms with Gasteiger partial charge >= 0.3 is 6.18 Å². The van der Waals surface area contributed by atoms with Crippen LogP contribution in [-0.2, 0) is 6.18 Å². The van der Waals surface area contributed by atoms with Gasteiger partial charge in [0.15, 0.2) is 11.5 Å². The van der Waals surface area contributed by atoms with Crippen molar-refractivity contribution in [2.75, 3.05) is 11.9 Å². The highest BCUT2D eigenvalue weighted by molar-refractivity contribution is 5.76. The fourth-order valence-electron chi connectivity index (χ4n) is 3.00. The summed E-state index contributed by atoms with van der Waals surface area (Å²) in [4.78, 5) is 8.86. The van der Waals surface area contributed by atoms with Gasteiger partial charge in [0.25, 0.3) is 0 Å². The van der Waals surface area contributed by atoms with Crippen molar-refractivity contribution in [2.45, 2.75) is 25.6 Å². The fourth-order valence-corrected chi connectivity index (χ4v) is 3.00. The first kappa shape index (κ1) is 19.9. The Morgan fingerprint density at radius 1 is 1.20 bits per heavy atom. The largest absolute Gasteiger partial charge is 0.464 e. The van der Waals surface area contributed by atoms with E-state index in [1.807, 2.05) is 6.92 Å². The fraction of sp³-hybridized carbons (Fsp3) is 0.250. The summed E-state index contributed by atoms with van der Waals surface area (Å²) in [6, 6.07) is 7.95. The summed E-state index contributed by atoms with van der Waals surface area (Å²) >= 11 is 0. The van der Waals surface area contributed by atoms with Crippen molar-refractivity contribution < 1.29 is 22.7 Å². The number of nitrogens with zero attached hydrogens (tertiary/aromatic N) is 4. The van der Waals surface area contributed by atoms with E-state index in [1.54, 1.807) is 18.3 Å². The van der Waals surface area contributed by atoms with Crippen LogP contribution in [0.1, 0.15) is 18.9 Å². The highest BCUT2D eigenvalue weighted by atomic mass is 19.4. The molecule has 0 fully saturated rings. The van der Waals surface area contributed by atoms with E-state index in [9.17, 15) is 18.3 Å². The maximum atomic E-state index is 13.2. The Hall–Kier alpha value is -3.40. The average Bonchev–Trinajstić information content (AvgIpc) is 3.40.